The molecule has 0 rings (SSSR count). The Labute approximate surface area is 155 Å². The summed E-state index contributed by atoms with van der Waals surface area (Å²) in [5.74, 6) is -3.38. The molecule has 0 aliphatic carbocycles. The third-order valence-electron chi connectivity index (χ3n) is 5.02. The van der Waals surface area contributed by atoms with Crippen molar-refractivity contribution in [1.82, 2.24) is 0 Å². The highest BCUT2D eigenvalue weighted by Gasteiger charge is 2.29. The summed E-state index contributed by atoms with van der Waals surface area (Å²) in [6.07, 6.45) is 21.8. The number of rotatable bonds is 19. The van der Waals surface area contributed by atoms with Crippen molar-refractivity contribution in [2.45, 2.75) is 128 Å². The molecule has 0 aromatic carbocycles. The van der Waals surface area contributed by atoms with E-state index >= 15 is 0 Å². The molecule has 0 aromatic heterocycles. The highest BCUT2D eigenvalue weighted by atomic mass is 16.5. The fraction of sp³-hybridized carbons (Fsp3) is 0.952. The van der Waals surface area contributed by atoms with E-state index in [2.05, 4.69) is 6.92 Å². The third kappa shape index (κ3) is 16.6. The van der Waals surface area contributed by atoms with Crippen LogP contribution in [-0.2, 0) is 4.79 Å². The molecule has 0 aromatic rings. The molecule has 0 radical (unpaired) electrons. The minimum atomic E-state index is -2.32. The van der Waals surface area contributed by atoms with Crippen molar-refractivity contribution in [2.75, 3.05) is 0 Å². The van der Waals surface area contributed by atoms with Gasteiger partial charge in [0, 0.05) is 6.42 Å². The van der Waals surface area contributed by atoms with Crippen molar-refractivity contribution in [3.05, 3.63) is 0 Å². The molecule has 0 unspecified atom stereocenters. The van der Waals surface area contributed by atoms with Crippen LogP contribution >= 0.6 is 0 Å². The van der Waals surface area contributed by atoms with E-state index in [4.69, 9.17) is 5.73 Å². The Hall–Kier alpha value is -0.610. The van der Waals surface area contributed by atoms with Crippen LogP contribution in [0.15, 0.2) is 0 Å². The SMILES string of the molecule is CCCCCCCCCCCCCCCCCCCC(O)(O)C(N)=O. The van der Waals surface area contributed by atoms with Gasteiger partial charge in [-0.15, -0.1) is 0 Å². The molecule has 0 bridgehead atoms. The molecule has 4 nitrogen and oxygen atoms in total. The number of carbonyl (C=O) groups is 1. The number of amides is 1. The van der Waals surface area contributed by atoms with Gasteiger partial charge in [0.25, 0.3) is 5.91 Å². The predicted molar refractivity (Wildman–Crippen MR) is 105 cm³/mol. The fourth-order valence-electron chi connectivity index (χ4n) is 3.22. The molecular weight excluding hydrogens is 314 g/mol. The normalized spacial score (nSPS) is 11.8. The van der Waals surface area contributed by atoms with Crippen molar-refractivity contribution in [3.8, 4) is 0 Å². The van der Waals surface area contributed by atoms with Gasteiger partial charge >= 0.3 is 0 Å². The molecule has 4 heteroatoms. The van der Waals surface area contributed by atoms with Crippen LogP contribution in [0.4, 0.5) is 0 Å². The Kier molecular flexibility index (Phi) is 16.4. The van der Waals surface area contributed by atoms with Crippen molar-refractivity contribution >= 4 is 5.91 Å². The van der Waals surface area contributed by atoms with Gasteiger partial charge in [0.2, 0.25) is 5.79 Å². The van der Waals surface area contributed by atoms with Crippen molar-refractivity contribution < 1.29 is 15.0 Å². The van der Waals surface area contributed by atoms with Crippen LogP contribution in [0.2, 0.25) is 0 Å². The molecule has 0 spiro atoms. The first-order valence-corrected chi connectivity index (χ1v) is 10.8. The van der Waals surface area contributed by atoms with E-state index in [1.807, 2.05) is 0 Å². The van der Waals surface area contributed by atoms with Crippen LogP contribution in [-0.4, -0.2) is 21.9 Å². The molecule has 150 valence electrons. The summed E-state index contributed by atoms with van der Waals surface area (Å²) in [6.45, 7) is 2.27. The molecule has 0 fully saturated rings. The predicted octanol–water partition coefficient (Wildman–Crippen LogP) is 5.19. The van der Waals surface area contributed by atoms with Gasteiger partial charge < -0.3 is 15.9 Å². The average molecular weight is 358 g/mol. The highest BCUT2D eigenvalue weighted by Crippen LogP contribution is 2.16. The van der Waals surface area contributed by atoms with Gasteiger partial charge in [-0.2, -0.15) is 0 Å². The van der Waals surface area contributed by atoms with Gasteiger partial charge in [-0.25, -0.2) is 0 Å². The lowest BCUT2D eigenvalue weighted by atomic mass is 10.0. The van der Waals surface area contributed by atoms with E-state index < -0.39 is 11.7 Å². The van der Waals surface area contributed by atoms with Crippen molar-refractivity contribution in [1.29, 1.82) is 0 Å². The number of primary amides is 1. The van der Waals surface area contributed by atoms with Crippen LogP contribution in [0.5, 0.6) is 0 Å². The number of hydrogen-bond acceptors (Lipinski definition) is 3. The summed E-state index contributed by atoms with van der Waals surface area (Å²) in [7, 11) is 0. The van der Waals surface area contributed by atoms with Gasteiger partial charge in [-0.1, -0.05) is 110 Å². The Morgan fingerprint density at radius 3 is 1.20 bits per heavy atom. The molecule has 25 heavy (non-hydrogen) atoms. The molecule has 0 heterocycles. The second-order valence-corrected chi connectivity index (χ2v) is 7.59. The Balaban J connectivity index is 3.13. The van der Waals surface area contributed by atoms with Crippen LogP contribution < -0.4 is 5.73 Å². The average Bonchev–Trinajstić information content (AvgIpc) is 2.57. The molecule has 0 atom stereocenters. The first-order valence-electron chi connectivity index (χ1n) is 10.8. The molecule has 0 aliphatic rings. The zero-order chi connectivity index (χ0) is 18.8. The fourth-order valence-corrected chi connectivity index (χ4v) is 3.22. The molecular formula is C21H43NO3. The van der Waals surface area contributed by atoms with Crippen LogP contribution in [0.3, 0.4) is 0 Å². The summed E-state index contributed by atoms with van der Waals surface area (Å²) in [4.78, 5) is 10.7. The maximum atomic E-state index is 10.7. The van der Waals surface area contributed by atoms with Crippen LogP contribution in [0, 0.1) is 0 Å². The van der Waals surface area contributed by atoms with Gasteiger partial charge in [0.15, 0.2) is 0 Å². The number of unbranched alkanes of at least 4 members (excludes halogenated alkanes) is 16. The van der Waals surface area contributed by atoms with E-state index in [0.717, 1.165) is 12.8 Å². The minimum absolute atomic E-state index is 0.0426. The lowest BCUT2D eigenvalue weighted by Crippen LogP contribution is -2.43. The Morgan fingerprint density at radius 1 is 0.640 bits per heavy atom. The quantitative estimate of drug-likeness (QED) is 0.219. The van der Waals surface area contributed by atoms with Gasteiger partial charge in [-0.05, 0) is 6.42 Å². The highest BCUT2D eigenvalue weighted by molar-refractivity contribution is 5.81. The largest absolute Gasteiger partial charge is 0.365 e. The minimum Gasteiger partial charge on any atom is -0.365 e. The maximum Gasteiger partial charge on any atom is 0.277 e. The zero-order valence-electron chi connectivity index (χ0n) is 16.6. The van der Waals surface area contributed by atoms with Crippen molar-refractivity contribution in [2.24, 2.45) is 5.73 Å². The Morgan fingerprint density at radius 2 is 0.920 bits per heavy atom. The van der Waals surface area contributed by atoms with E-state index in [0.29, 0.717) is 6.42 Å². The van der Waals surface area contributed by atoms with Gasteiger partial charge in [-0.3, -0.25) is 4.79 Å². The smallest absolute Gasteiger partial charge is 0.277 e. The third-order valence-corrected chi connectivity index (χ3v) is 5.02. The van der Waals surface area contributed by atoms with E-state index in [9.17, 15) is 15.0 Å². The Bertz CT molecular complexity index is 306. The zero-order valence-corrected chi connectivity index (χ0v) is 16.6. The van der Waals surface area contributed by atoms with Gasteiger partial charge in [0.1, 0.15) is 0 Å². The van der Waals surface area contributed by atoms with Crippen LogP contribution in [0.1, 0.15) is 122 Å². The molecule has 0 aliphatic heterocycles. The monoisotopic (exact) mass is 357 g/mol. The summed E-state index contributed by atoms with van der Waals surface area (Å²) in [6, 6.07) is 0. The number of carbonyl (C=O) groups excluding carboxylic acids is 1. The number of nitrogens with two attached hydrogens (primary N) is 1. The van der Waals surface area contributed by atoms with E-state index in [1.54, 1.807) is 0 Å². The lowest BCUT2D eigenvalue weighted by molar-refractivity contribution is -0.184. The number of aliphatic hydroxyl groups is 2. The van der Waals surface area contributed by atoms with E-state index in [-0.39, 0.29) is 6.42 Å². The molecule has 0 saturated carbocycles. The topological polar surface area (TPSA) is 83.6 Å². The van der Waals surface area contributed by atoms with E-state index in [1.165, 1.54) is 89.9 Å². The second-order valence-electron chi connectivity index (χ2n) is 7.59. The second kappa shape index (κ2) is 16.8. The molecule has 1 amide bonds. The number of hydrogen-bond donors (Lipinski definition) is 3. The summed E-state index contributed by atoms with van der Waals surface area (Å²) >= 11 is 0. The lowest BCUT2D eigenvalue weighted by Gasteiger charge is -2.16. The first kappa shape index (κ1) is 24.4. The standard InChI is InChI=1S/C21H43NO3/c1-2-3-4-5-6-7-8-9-10-11-12-13-14-15-16-17-18-19-21(24,25)20(22)23/h24-25H,2-19H2,1H3,(H2,22,23). The summed E-state index contributed by atoms with van der Waals surface area (Å²) < 4.78 is 0. The first-order chi connectivity index (χ1) is 12.0. The summed E-state index contributed by atoms with van der Waals surface area (Å²) in [5, 5.41) is 18.6. The maximum absolute atomic E-state index is 10.7. The van der Waals surface area contributed by atoms with Crippen LogP contribution in [0.25, 0.3) is 0 Å². The molecule has 4 N–H and O–H groups in total. The summed E-state index contributed by atoms with van der Waals surface area (Å²) in [5.41, 5.74) is 4.90. The van der Waals surface area contributed by atoms with Crippen molar-refractivity contribution in [3.63, 3.8) is 0 Å². The molecule has 0 saturated heterocycles. The van der Waals surface area contributed by atoms with Gasteiger partial charge in [0.05, 0.1) is 0 Å².